The number of carboxylic acid groups (broad SMARTS) is 3. The SMILES string of the molecule is CCC(=O)O.CCC(=O)O.CCC(=O)O.NCCN.NCCN.NCCN.NCCN. The van der Waals surface area contributed by atoms with Crippen LogP contribution in [-0.4, -0.2) is 85.6 Å². The topological polar surface area (TPSA) is 320 Å². The van der Waals surface area contributed by atoms with Crippen molar-refractivity contribution >= 4 is 17.9 Å². The second-order valence-electron chi connectivity index (χ2n) is 4.55. The van der Waals surface area contributed by atoms with E-state index < -0.39 is 17.9 Å². The molecule has 0 bridgehead atoms. The van der Waals surface area contributed by atoms with Gasteiger partial charge in [0, 0.05) is 71.6 Å². The van der Waals surface area contributed by atoms with E-state index in [1.807, 2.05) is 0 Å². The minimum Gasteiger partial charge on any atom is -0.481 e. The van der Waals surface area contributed by atoms with Crippen molar-refractivity contribution in [1.82, 2.24) is 0 Å². The van der Waals surface area contributed by atoms with Crippen molar-refractivity contribution in [3.63, 3.8) is 0 Å². The number of nitrogens with two attached hydrogens (primary N) is 8. The van der Waals surface area contributed by atoms with Gasteiger partial charge in [-0.1, -0.05) is 20.8 Å². The van der Waals surface area contributed by atoms with E-state index in [0.717, 1.165) is 0 Å². The number of rotatable bonds is 7. The van der Waals surface area contributed by atoms with Crippen LogP contribution in [0.25, 0.3) is 0 Å². The van der Waals surface area contributed by atoms with Crippen LogP contribution in [0.4, 0.5) is 0 Å². The Morgan fingerprint density at radius 2 is 0.484 bits per heavy atom. The fraction of sp³-hybridized carbons (Fsp3) is 0.824. The Morgan fingerprint density at radius 1 is 0.419 bits per heavy atom. The fourth-order valence-electron chi connectivity index (χ4n) is 0. The number of carboxylic acids is 3. The molecule has 0 amide bonds. The largest absolute Gasteiger partial charge is 0.481 e. The quantitative estimate of drug-likeness (QED) is 0.180. The van der Waals surface area contributed by atoms with Gasteiger partial charge in [0.1, 0.15) is 0 Å². The van der Waals surface area contributed by atoms with E-state index in [4.69, 9.17) is 61.2 Å². The zero-order valence-corrected chi connectivity index (χ0v) is 19.5. The maximum Gasteiger partial charge on any atom is 0.303 e. The van der Waals surface area contributed by atoms with Crippen molar-refractivity contribution < 1.29 is 29.7 Å². The van der Waals surface area contributed by atoms with Gasteiger partial charge in [-0.05, 0) is 0 Å². The third kappa shape index (κ3) is 292. The third-order valence-corrected chi connectivity index (χ3v) is 1.57. The highest BCUT2D eigenvalue weighted by Gasteiger charge is 1.81. The summed E-state index contributed by atoms with van der Waals surface area (Å²) in [7, 11) is 0. The van der Waals surface area contributed by atoms with Crippen LogP contribution in [0.3, 0.4) is 0 Å². The molecule has 14 heteroatoms. The lowest BCUT2D eigenvalue weighted by atomic mass is 10.5. The van der Waals surface area contributed by atoms with Crippen LogP contribution in [0.2, 0.25) is 0 Å². The average molecular weight is 463 g/mol. The Hall–Kier alpha value is -1.91. The molecular weight excluding hydrogens is 412 g/mol. The van der Waals surface area contributed by atoms with Gasteiger partial charge in [0.05, 0.1) is 0 Å². The second-order valence-corrected chi connectivity index (χ2v) is 4.55. The highest BCUT2D eigenvalue weighted by Crippen LogP contribution is 1.68. The van der Waals surface area contributed by atoms with Crippen molar-refractivity contribution in [2.24, 2.45) is 45.9 Å². The predicted molar refractivity (Wildman–Crippen MR) is 126 cm³/mol. The highest BCUT2D eigenvalue weighted by molar-refractivity contribution is 5.66. The zero-order valence-electron chi connectivity index (χ0n) is 19.5. The van der Waals surface area contributed by atoms with Crippen molar-refractivity contribution in [3.8, 4) is 0 Å². The molecule has 0 atom stereocenters. The van der Waals surface area contributed by atoms with E-state index in [-0.39, 0.29) is 19.3 Å². The summed E-state index contributed by atoms with van der Waals surface area (Å²) < 4.78 is 0. The molecule has 0 aromatic rings. The first-order chi connectivity index (χ1) is 14.5. The molecule has 14 nitrogen and oxygen atoms in total. The maximum atomic E-state index is 9.37. The highest BCUT2D eigenvalue weighted by atomic mass is 16.4. The molecule has 0 aromatic carbocycles. The van der Waals surface area contributed by atoms with Crippen molar-refractivity contribution in [3.05, 3.63) is 0 Å². The van der Waals surface area contributed by atoms with E-state index in [1.54, 1.807) is 20.8 Å². The third-order valence-electron chi connectivity index (χ3n) is 1.57. The molecule has 0 heterocycles. The molecule has 0 unspecified atom stereocenters. The molecule has 0 saturated carbocycles. The lowest BCUT2D eigenvalue weighted by Gasteiger charge is -1.72. The van der Waals surface area contributed by atoms with Gasteiger partial charge in [-0.2, -0.15) is 0 Å². The molecule has 0 fully saturated rings. The van der Waals surface area contributed by atoms with Gasteiger partial charge < -0.3 is 61.2 Å². The Morgan fingerprint density at radius 3 is 0.484 bits per heavy atom. The summed E-state index contributed by atoms with van der Waals surface area (Å²) >= 11 is 0. The Labute approximate surface area is 186 Å². The lowest BCUT2D eigenvalue weighted by Crippen LogP contribution is -2.11. The van der Waals surface area contributed by atoms with E-state index >= 15 is 0 Å². The fourth-order valence-corrected chi connectivity index (χ4v) is 0. The van der Waals surface area contributed by atoms with Gasteiger partial charge in [-0.25, -0.2) is 0 Å². The summed E-state index contributed by atoms with van der Waals surface area (Å²) in [6.07, 6.45) is 0.667. The summed E-state index contributed by atoms with van der Waals surface area (Å²) in [5, 5.41) is 23.2. The van der Waals surface area contributed by atoms with Gasteiger partial charge in [-0.15, -0.1) is 0 Å². The molecule has 0 saturated heterocycles. The number of carbonyl (C=O) groups is 3. The maximum absolute atomic E-state index is 9.37. The van der Waals surface area contributed by atoms with E-state index in [1.165, 1.54) is 0 Å². The van der Waals surface area contributed by atoms with Crippen LogP contribution < -0.4 is 45.9 Å². The van der Waals surface area contributed by atoms with E-state index in [9.17, 15) is 14.4 Å². The molecule has 0 aliphatic carbocycles. The Balaban J connectivity index is -0.0000000435. The minimum absolute atomic E-state index is 0.222. The molecule has 194 valence electrons. The number of hydrogen-bond donors (Lipinski definition) is 11. The summed E-state index contributed by atoms with van der Waals surface area (Å²) in [6, 6.07) is 0. The molecule has 0 aromatic heterocycles. The number of aliphatic carboxylic acids is 3. The van der Waals surface area contributed by atoms with Gasteiger partial charge in [0.15, 0.2) is 0 Å². The second kappa shape index (κ2) is 63.0. The normalized spacial score (nSPS) is 7.45. The molecule has 19 N–H and O–H groups in total. The molecule has 0 aliphatic heterocycles. The molecule has 31 heavy (non-hydrogen) atoms. The molecule has 0 radical (unpaired) electrons. The van der Waals surface area contributed by atoms with Crippen LogP contribution >= 0.6 is 0 Å². The lowest BCUT2D eigenvalue weighted by molar-refractivity contribution is -0.137. The standard InChI is InChI=1S/3C3H6O2.4C2H8N2/c3*1-2-3(4)5;4*3-1-2-4/h3*2H2,1H3,(H,4,5);4*1-4H2. The summed E-state index contributed by atoms with van der Waals surface area (Å²) in [4.78, 5) is 28.1. The van der Waals surface area contributed by atoms with Crippen molar-refractivity contribution in [2.75, 3.05) is 52.4 Å². The summed E-state index contributed by atoms with van der Waals surface area (Å²) in [5.41, 5.74) is 39.2. The van der Waals surface area contributed by atoms with Crippen LogP contribution in [-0.2, 0) is 14.4 Å². The first-order valence-corrected chi connectivity index (χ1v) is 9.73. The van der Waals surface area contributed by atoms with Crippen LogP contribution in [0.15, 0.2) is 0 Å². The molecule has 0 rings (SSSR count). The Bertz CT molecular complexity index is 257. The minimum atomic E-state index is -0.745. The monoisotopic (exact) mass is 462 g/mol. The smallest absolute Gasteiger partial charge is 0.303 e. The molecule has 0 aliphatic rings. The predicted octanol–water partition coefficient (Wildman–Crippen LogP) is -2.94. The van der Waals surface area contributed by atoms with Crippen LogP contribution in [0.5, 0.6) is 0 Å². The Kier molecular flexibility index (Phi) is 95.6. The molecular formula is C17H50N8O6. The van der Waals surface area contributed by atoms with Gasteiger partial charge in [0.2, 0.25) is 0 Å². The first-order valence-electron chi connectivity index (χ1n) is 9.73. The van der Waals surface area contributed by atoms with Crippen molar-refractivity contribution in [2.45, 2.75) is 40.0 Å². The number of hydrogen-bond acceptors (Lipinski definition) is 11. The first kappa shape index (κ1) is 47.0. The van der Waals surface area contributed by atoms with Crippen LogP contribution in [0.1, 0.15) is 40.0 Å². The van der Waals surface area contributed by atoms with Gasteiger partial charge >= 0.3 is 17.9 Å². The molecule has 0 spiro atoms. The van der Waals surface area contributed by atoms with E-state index in [0.29, 0.717) is 52.4 Å². The average Bonchev–Trinajstić information content (AvgIpc) is 2.80. The van der Waals surface area contributed by atoms with Gasteiger partial charge in [0.25, 0.3) is 0 Å². The van der Waals surface area contributed by atoms with Gasteiger partial charge in [-0.3, -0.25) is 14.4 Å². The summed E-state index contributed by atoms with van der Waals surface area (Å²) in [5.74, 6) is -2.24. The van der Waals surface area contributed by atoms with Crippen LogP contribution in [0, 0.1) is 0 Å². The van der Waals surface area contributed by atoms with E-state index in [2.05, 4.69) is 0 Å². The van der Waals surface area contributed by atoms with Crippen molar-refractivity contribution in [1.29, 1.82) is 0 Å². The summed E-state index contributed by atoms with van der Waals surface area (Å²) in [6.45, 7) is 9.58. The zero-order chi connectivity index (χ0) is 26.5.